The van der Waals surface area contributed by atoms with E-state index in [0.29, 0.717) is 26.1 Å². The third kappa shape index (κ3) is 3.85. The molecule has 0 bridgehead atoms. The van der Waals surface area contributed by atoms with Crippen LogP contribution >= 0.6 is 0 Å². The Morgan fingerprint density at radius 2 is 2.10 bits per heavy atom. The van der Waals surface area contributed by atoms with Crippen molar-refractivity contribution in [3.8, 4) is 0 Å². The van der Waals surface area contributed by atoms with Gasteiger partial charge in [0.1, 0.15) is 0 Å². The van der Waals surface area contributed by atoms with Crippen molar-refractivity contribution in [1.29, 1.82) is 0 Å². The van der Waals surface area contributed by atoms with Crippen LogP contribution < -0.4 is 5.32 Å². The first-order valence-electron chi connectivity index (χ1n) is 7.33. The summed E-state index contributed by atoms with van der Waals surface area (Å²) in [5, 5.41) is 12.0. The summed E-state index contributed by atoms with van der Waals surface area (Å²) >= 11 is 0. The second-order valence-corrected chi connectivity index (χ2v) is 6.21. The third-order valence-electron chi connectivity index (χ3n) is 4.42. The van der Waals surface area contributed by atoms with E-state index in [2.05, 4.69) is 12.2 Å². The predicted molar refractivity (Wildman–Crippen MR) is 73.5 cm³/mol. The van der Waals surface area contributed by atoms with Crippen LogP contribution in [0, 0.1) is 11.3 Å². The zero-order chi connectivity index (χ0) is 14.6. The maximum atomic E-state index is 12.1. The molecule has 2 heterocycles. The third-order valence-corrected chi connectivity index (χ3v) is 4.42. The van der Waals surface area contributed by atoms with Gasteiger partial charge in [-0.1, -0.05) is 6.92 Å². The molecule has 1 unspecified atom stereocenters. The minimum atomic E-state index is -0.807. The number of rotatable bonds is 3. The lowest BCUT2D eigenvalue weighted by atomic mass is 9.82. The Balaban J connectivity index is 1.80. The number of urea groups is 1. The predicted octanol–water partition coefficient (Wildman–Crippen LogP) is 1.31. The number of piperidine rings is 1. The fraction of sp³-hybridized carbons (Fsp3) is 0.857. The number of ether oxygens (including phenoxy) is 1. The van der Waals surface area contributed by atoms with Gasteiger partial charge in [0, 0.05) is 32.8 Å². The quantitative estimate of drug-likeness (QED) is 0.819. The summed E-state index contributed by atoms with van der Waals surface area (Å²) in [5.41, 5.74) is 0.0932. The van der Waals surface area contributed by atoms with Gasteiger partial charge in [-0.2, -0.15) is 0 Å². The van der Waals surface area contributed by atoms with Crippen LogP contribution in [0.4, 0.5) is 4.79 Å². The number of carbonyl (C=O) groups is 2. The first kappa shape index (κ1) is 15.1. The van der Waals surface area contributed by atoms with Crippen LogP contribution in [0.15, 0.2) is 0 Å². The molecule has 6 heteroatoms. The Labute approximate surface area is 119 Å². The minimum Gasteiger partial charge on any atom is -0.481 e. The van der Waals surface area contributed by atoms with E-state index in [1.165, 1.54) is 0 Å². The molecule has 0 aromatic rings. The summed E-state index contributed by atoms with van der Waals surface area (Å²) in [7, 11) is 0. The smallest absolute Gasteiger partial charge is 0.317 e. The van der Waals surface area contributed by atoms with Crippen LogP contribution in [-0.2, 0) is 9.53 Å². The molecule has 0 spiro atoms. The molecule has 0 aromatic heterocycles. The van der Waals surface area contributed by atoms with E-state index in [1.54, 1.807) is 4.90 Å². The fourth-order valence-corrected chi connectivity index (χ4v) is 2.80. The summed E-state index contributed by atoms with van der Waals surface area (Å²) in [6, 6.07) is -0.135. The van der Waals surface area contributed by atoms with Gasteiger partial charge in [-0.3, -0.25) is 4.79 Å². The van der Waals surface area contributed by atoms with Gasteiger partial charge < -0.3 is 20.1 Å². The lowest BCUT2D eigenvalue weighted by Crippen LogP contribution is -2.49. The minimum absolute atomic E-state index is 0.0932. The molecule has 2 amide bonds. The molecule has 0 radical (unpaired) electrons. The molecule has 2 aliphatic heterocycles. The second kappa shape index (κ2) is 6.43. The van der Waals surface area contributed by atoms with Crippen LogP contribution in [-0.4, -0.2) is 54.9 Å². The largest absolute Gasteiger partial charge is 0.481 e. The van der Waals surface area contributed by atoms with Crippen molar-refractivity contribution in [1.82, 2.24) is 10.2 Å². The van der Waals surface area contributed by atoms with E-state index in [-0.39, 0.29) is 11.4 Å². The van der Waals surface area contributed by atoms with Crippen LogP contribution in [0.1, 0.15) is 32.6 Å². The second-order valence-electron chi connectivity index (χ2n) is 6.21. The van der Waals surface area contributed by atoms with E-state index in [0.717, 1.165) is 32.5 Å². The van der Waals surface area contributed by atoms with Gasteiger partial charge in [-0.25, -0.2) is 4.79 Å². The maximum Gasteiger partial charge on any atom is 0.317 e. The number of likely N-dealkylation sites (tertiary alicyclic amines) is 1. The van der Waals surface area contributed by atoms with Gasteiger partial charge in [0.15, 0.2) is 0 Å². The van der Waals surface area contributed by atoms with Crippen molar-refractivity contribution >= 4 is 12.0 Å². The van der Waals surface area contributed by atoms with Crippen molar-refractivity contribution in [3.05, 3.63) is 0 Å². The highest BCUT2D eigenvalue weighted by molar-refractivity contribution is 5.76. The number of nitrogens with zero attached hydrogens (tertiary/aromatic N) is 1. The van der Waals surface area contributed by atoms with Crippen molar-refractivity contribution in [2.24, 2.45) is 11.3 Å². The summed E-state index contributed by atoms with van der Waals surface area (Å²) in [5.74, 6) is -1.23. The molecule has 0 aliphatic carbocycles. The highest BCUT2D eigenvalue weighted by Crippen LogP contribution is 2.28. The van der Waals surface area contributed by atoms with Crippen LogP contribution in [0.2, 0.25) is 0 Å². The van der Waals surface area contributed by atoms with Crippen LogP contribution in [0.5, 0.6) is 0 Å². The van der Waals surface area contributed by atoms with Crippen LogP contribution in [0.3, 0.4) is 0 Å². The molecular weight excluding hydrogens is 260 g/mol. The number of carboxylic acid groups (broad SMARTS) is 1. The molecule has 1 atom stereocenters. The standard InChI is InChI=1S/C14H24N2O4/c1-14(4-7-20-8-5-14)10-15-13(19)16-6-2-3-11(9-16)12(17)18/h11H,2-10H2,1H3,(H,15,19)(H,17,18). The topological polar surface area (TPSA) is 78.9 Å². The lowest BCUT2D eigenvalue weighted by molar-refractivity contribution is -0.143. The number of carbonyl (C=O) groups excluding carboxylic acids is 1. The van der Waals surface area contributed by atoms with Gasteiger partial charge in [-0.05, 0) is 31.1 Å². The van der Waals surface area contributed by atoms with E-state index in [1.807, 2.05) is 0 Å². The van der Waals surface area contributed by atoms with Crippen molar-refractivity contribution < 1.29 is 19.4 Å². The number of hydrogen-bond donors (Lipinski definition) is 2. The molecule has 0 aromatic carbocycles. The monoisotopic (exact) mass is 284 g/mol. The molecule has 0 saturated carbocycles. The van der Waals surface area contributed by atoms with E-state index >= 15 is 0 Å². The number of hydrogen-bond acceptors (Lipinski definition) is 3. The number of carboxylic acids is 1. The van der Waals surface area contributed by atoms with Crippen molar-refractivity contribution in [2.45, 2.75) is 32.6 Å². The average molecular weight is 284 g/mol. The molecule has 2 saturated heterocycles. The van der Waals surface area contributed by atoms with E-state index < -0.39 is 11.9 Å². The number of amides is 2. The van der Waals surface area contributed by atoms with E-state index in [4.69, 9.17) is 9.84 Å². The highest BCUT2D eigenvalue weighted by Gasteiger charge is 2.31. The lowest BCUT2D eigenvalue weighted by Gasteiger charge is -2.35. The normalized spacial score (nSPS) is 26.1. The molecule has 20 heavy (non-hydrogen) atoms. The van der Waals surface area contributed by atoms with Gasteiger partial charge in [0.25, 0.3) is 0 Å². The zero-order valence-electron chi connectivity index (χ0n) is 12.1. The maximum absolute atomic E-state index is 12.1. The first-order chi connectivity index (χ1) is 9.50. The summed E-state index contributed by atoms with van der Waals surface area (Å²) in [6.45, 7) is 5.25. The van der Waals surface area contributed by atoms with E-state index in [9.17, 15) is 9.59 Å². The molecule has 2 rings (SSSR count). The summed E-state index contributed by atoms with van der Waals surface area (Å²) in [4.78, 5) is 24.8. The Bertz CT molecular complexity index is 366. The summed E-state index contributed by atoms with van der Waals surface area (Å²) in [6.07, 6.45) is 3.32. The average Bonchev–Trinajstić information content (AvgIpc) is 2.46. The van der Waals surface area contributed by atoms with Crippen LogP contribution in [0.25, 0.3) is 0 Å². The summed E-state index contributed by atoms with van der Waals surface area (Å²) < 4.78 is 5.34. The van der Waals surface area contributed by atoms with Gasteiger partial charge >= 0.3 is 12.0 Å². The Morgan fingerprint density at radius 3 is 2.75 bits per heavy atom. The molecule has 2 N–H and O–H groups in total. The molecule has 2 aliphatic rings. The SMILES string of the molecule is CC1(CNC(=O)N2CCCC(C(=O)O)C2)CCOCC1. The van der Waals surface area contributed by atoms with Gasteiger partial charge in [0.05, 0.1) is 5.92 Å². The Morgan fingerprint density at radius 1 is 1.40 bits per heavy atom. The van der Waals surface area contributed by atoms with Crippen molar-refractivity contribution in [3.63, 3.8) is 0 Å². The Kier molecular flexibility index (Phi) is 4.86. The molecular formula is C14H24N2O4. The first-order valence-corrected chi connectivity index (χ1v) is 7.33. The molecule has 2 fully saturated rings. The molecule has 6 nitrogen and oxygen atoms in total. The van der Waals surface area contributed by atoms with Crippen molar-refractivity contribution in [2.75, 3.05) is 32.8 Å². The number of aliphatic carboxylic acids is 1. The fourth-order valence-electron chi connectivity index (χ4n) is 2.80. The highest BCUT2D eigenvalue weighted by atomic mass is 16.5. The molecule has 114 valence electrons. The Hall–Kier alpha value is -1.30. The van der Waals surface area contributed by atoms with Gasteiger partial charge in [0.2, 0.25) is 0 Å². The van der Waals surface area contributed by atoms with Gasteiger partial charge in [-0.15, -0.1) is 0 Å². The number of nitrogens with one attached hydrogen (secondary N) is 1. The zero-order valence-corrected chi connectivity index (χ0v) is 12.1.